The summed E-state index contributed by atoms with van der Waals surface area (Å²) in [6.45, 7) is 4.25. The third-order valence-corrected chi connectivity index (χ3v) is 4.99. The number of carboxylic acids is 1. The minimum absolute atomic E-state index is 0.149. The van der Waals surface area contributed by atoms with E-state index in [1.165, 1.54) is 0 Å². The van der Waals surface area contributed by atoms with Crippen LogP contribution in [0.25, 0.3) is 11.5 Å². The Morgan fingerprint density at radius 3 is 2.47 bits per heavy atom. The highest BCUT2D eigenvalue weighted by molar-refractivity contribution is 5.79. The van der Waals surface area contributed by atoms with Crippen molar-refractivity contribution in [2.45, 2.75) is 33.1 Å². The number of oxazole rings is 1. The van der Waals surface area contributed by atoms with Gasteiger partial charge in [-0.15, -0.1) is 0 Å². The molecule has 0 saturated carbocycles. The van der Waals surface area contributed by atoms with E-state index in [9.17, 15) is 14.7 Å². The fourth-order valence-corrected chi connectivity index (χ4v) is 3.30. The van der Waals surface area contributed by atoms with Crippen molar-refractivity contribution in [2.24, 2.45) is 5.92 Å². The number of rotatable bonds is 11. The fraction of sp³-hybridized carbons (Fsp3) is 0.320. The molecule has 7 heteroatoms. The lowest BCUT2D eigenvalue weighted by Gasteiger charge is -2.12. The number of hydrogen-bond donors (Lipinski definition) is 1. The molecular formula is C25H27NO6. The minimum atomic E-state index is -1.02. The maximum absolute atomic E-state index is 11.6. The molecule has 1 heterocycles. The lowest BCUT2D eigenvalue weighted by Crippen LogP contribution is -2.21. The molecule has 7 nitrogen and oxygen atoms in total. The molecule has 0 amide bonds. The third-order valence-electron chi connectivity index (χ3n) is 4.99. The van der Waals surface area contributed by atoms with Gasteiger partial charge in [0, 0.05) is 12.0 Å². The molecule has 1 atom stereocenters. The third kappa shape index (κ3) is 6.44. The largest absolute Gasteiger partial charge is 0.493 e. The van der Waals surface area contributed by atoms with E-state index in [4.69, 9.17) is 13.9 Å². The number of benzene rings is 2. The Labute approximate surface area is 187 Å². The molecule has 0 aliphatic heterocycles. The highest BCUT2D eigenvalue weighted by Gasteiger charge is 2.22. The standard InChI is InChI=1S/C25H27NO6/c1-3-30-23(27)16-20(25(28)29)15-18-9-11-21(12-10-18)31-14-13-22-17(2)32-24(26-22)19-7-5-4-6-8-19/h4-12,20H,3,13-16H2,1-2H3,(H,28,29). The van der Waals surface area contributed by atoms with Crippen LogP contribution in [0.3, 0.4) is 0 Å². The predicted octanol–water partition coefficient (Wildman–Crippen LogP) is 4.47. The van der Waals surface area contributed by atoms with Crippen LogP contribution in [0.15, 0.2) is 59.0 Å². The number of aromatic nitrogens is 1. The van der Waals surface area contributed by atoms with Crippen LogP contribution in [-0.4, -0.2) is 35.2 Å². The first-order valence-electron chi connectivity index (χ1n) is 10.6. The van der Waals surface area contributed by atoms with Gasteiger partial charge in [0.05, 0.1) is 31.2 Å². The number of ether oxygens (including phenoxy) is 2. The highest BCUT2D eigenvalue weighted by Crippen LogP contribution is 2.22. The van der Waals surface area contributed by atoms with Crippen LogP contribution >= 0.6 is 0 Å². The van der Waals surface area contributed by atoms with Gasteiger partial charge in [-0.05, 0) is 50.1 Å². The van der Waals surface area contributed by atoms with Crippen LogP contribution in [0.5, 0.6) is 5.75 Å². The molecule has 0 aliphatic rings. The average molecular weight is 437 g/mol. The van der Waals surface area contributed by atoms with Crippen molar-refractivity contribution in [2.75, 3.05) is 13.2 Å². The molecule has 1 unspecified atom stereocenters. The van der Waals surface area contributed by atoms with Gasteiger partial charge in [-0.2, -0.15) is 0 Å². The predicted molar refractivity (Wildman–Crippen MR) is 118 cm³/mol. The average Bonchev–Trinajstić information content (AvgIpc) is 3.15. The van der Waals surface area contributed by atoms with Gasteiger partial charge in [0.25, 0.3) is 0 Å². The van der Waals surface area contributed by atoms with Crippen molar-refractivity contribution >= 4 is 11.9 Å². The SMILES string of the molecule is CCOC(=O)CC(Cc1ccc(OCCc2nc(-c3ccccc3)oc2C)cc1)C(=O)O. The number of aliphatic carboxylic acids is 1. The maximum Gasteiger partial charge on any atom is 0.307 e. The molecule has 0 saturated heterocycles. The van der Waals surface area contributed by atoms with E-state index in [0.717, 1.165) is 22.6 Å². The summed E-state index contributed by atoms with van der Waals surface area (Å²) < 4.78 is 16.4. The molecule has 2 aromatic carbocycles. The Balaban J connectivity index is 1.52. The summed E-state index contributed by atoms with van der Waals surface area (Å²) in [6, 6.07) is 16.9. The summed E-state index contributed by atoms with van der Waals surface area (Å²) in [4.78, 5) is 27.7. The van der Waals surface area contributed by atoms with E-state index >= 15 is 0 Å². The molecule has 0 fully saturated rings. The summed E-state index contributed by atoms with van der Waals surface area (Å²) in [6.07, 6.45) is 0.697. The lowest BCUT2D eigenvalue weighted by atomic mass is 9.96. The van der Waals surface area contributed by atoms with Gasteiger partial charge < -0.3 is 19.0 Å². The Hall–Kier alpha value is -3.61. The molecule has 168 valence electrons. The molecule has 1 N–H and O–H groups in total. The molecule has 3 aromatic rings. The van der Waals surface area contributed by atoms with E-state index < -0.39 is 17.9 Å². The molecule has 32 heavy (non-hydrogen) atoms. The van der Waals surface area contributed by atoms with E-state index in [1.54, 1.807) is 19.1 Å². The van der Waals surface area contributed by atoms with Crippen molar-refractivity contribution < 1.29 is 28.6 Å². The number of carbonyl (C=O) groups is 2. The summed E-state index contributed by atoms with van der Waals surface area (Å²) in [5, 5.41) is 9.38. The van der Waals surface area contributed by atoms with Gasteiger partial charge in [-0.25, -0.2) is 4.98 Å². The number of carboxylic acid groups (broad SMARTS) is 1. The molecule has 3 rings (SSSR count). The Morgan fingerprint density at radius 1 is 1.09 bits per heavy atom. The quantitative estimate of drug-likeness (QED) is 0.442. The summed E-state index contributed by atoms with van der Waals surface area (Å²) in [7, 11) is 0. The fourth-order valence-electron chi connectivity index (χ4n) is 3.30. The topological polar surface area (TPSA) is 98.9 Å². The summed E-state index contributed by atoms with van der Waals surface area (Å²) in [5.41, 5.74) is 2.60. The van der Waals surface area contributed by atoms with Gasteiger partial charge >= 0.3 is 11.9 Å². The zero-order valence-electron chi connectivity index (χ0n) is 18.2. The second-order valence-corrected chi connectivity index (χ2v) is 7.38. The molecule has 0 radical (unpaired) electrons. The Morgan fingerprint density at radius 2 is 1.81 bits per heavy atom. The highest BCUT2D eigenvalue weighted by atomic mass is 16.5. The van der Waals surface area contributed by atoms with E-state index in [-0.39, 0.29) is 19.4 Å². The van der Waals surface area contributed by atoms with Gasteiger partial charge in [-0.3, -0.25) is 9.59 Å². The van der Waals surface area contributed by atoms with Crippen LogP contribution in [0.1, 0.15) is 30.4 Å². The summed E-state index contributed by atoms with van der Waals surface area (Å²) >= 11 is 0. The smallest absolute Gasteiger partial charge is 0.307 e. The number of hydrogen-bond acceptors (Lipinski definition) is 6. The van der Waals surface area contributed by atoms with Gasteiger partial charge in [0.2, 0.25) is 5.89 Å². The van der Waals surface area contributed by atoms with Crippen LogP contribution in [0.4, 0.5) is 0 Å². The van der Waals surface area contributed by atoms with Crippen molar-refractivity contribution in [3.63, 3.8) is 0 Å². The van der Waals surface area contributed by atoms with Crippen LogP contribution in [0, 0.1) is 12.8 Å². The van der Waals surface area contributed by atoms with Gasteiger partial charge in [0.15, 0.2) is 0 Å². The molecule has 0 spiro atoms. The van der Waals surface area contributed by atoms with Gasteiger partial charge in [0.1, 0.15) is 11.5 Å². The van der Waals surface area contributed by atoms with E-state index in [1.807, 2.05) is 49.4 Å². The van der Waals surface area contributed by atoms with Crippen LogP contribution in [-0.2, 0) is 27.2 Å². The molecule has 0 aliphatic carbocycles. The zero-order valence-corrected chi connectivity index (χ0v) is 18.2. The lowest BCUT2D eigenvalue weighted by molar-refractivity contribution is -0.151. The van der Waals surface area contributed by atoms with Crippen molar-refractivity contribution in [1.82, 2.24) is 4.98 Å². The van der Waals surface area contributed by atoms with Crippen molar-refractivity contribution in [3.05, 3.63) is 71.6 Å². The first-order chi connectivity index (χ1) is 15.5. The van der Waals surface area contributed by atoms with E-state index in [2.05, 4.69) is 4.98 Å². The molecule has 0 bridgehead atoms. The zero-order chi connectivity index (χ0) is 22.9. The van der Waals surface area contributed by atoms with Crippen molar-refractivity contribution in [1.29, 1.82) is 0 Å². The maximum atomic E-state index is 11.6. The first-order valence-corrected chi connectivity index (χ1v) is 10.6. The van der Waals surface area contributed by atoms with Gasteiger partial charge in [-0.1, -0.05) is 30.3 Å². The monoisotopic (exact) mass is 437 g/mol. The normalized spacial score (nSPS) is 11.7. The number of carbonyl (C=O) groups excluding carboxylic acids is 1. The van der Waals surface area contributed by atoms with Crippen LogP contribution in [0.2, 0.25) is 0 Å². The van der Waals surface area contributed by atoms with E-state index in [0.29, 0.717) is 24.7 Å². The minimum Gasteiger partial charge on any atom is -0.493 e. The number of esters is 1. The Kier molecular flexibility index (Phi) is 8.02. The second kappa shape index (κ2) is 11.1. The molecular weight excluding hydrogens is 410 g/mol. The van der Waals surface area contributed by atoms with Crippen LogP contribution < -0.4 is 4.74 Å². The number of nitrogens with zero attached hydrogens (tertiary/aromatic N) is 1. The summed E-state index contributed by atoms with van der Waals surface area (Å²) in [5.74, 6) is -0.303. The first kappa shape index (κ1) is 23.1. The number of aryl methyl sites for hydroxylation is 1. The molecule has 1 aromatic heterocycles. The Bertz CT molecular complexity index is 1030. The second-order valence-electron chi connectivity index (χ2n) is 7.38. The van der Waals surface area contributed by atoms with Crippen molar-refractivity contribution in [3.8, 4) is 17.2 Å².